The van der Waals surface area contributed by atoms with Gasteiger partial charge in [0, 0.05) is 0 Å². The SMILES string of the molecule is C[C@H]1[C@@H](OC[C@@H](O)C[N+]2(C)CCOCC2)[C@@H]2CC[C@@H]1C2(C)C. The zero-order chi connectivity index (χ0) is 16.0. The van der Waals surface area contributed by atoms with Gasteiger partial charge in [0.15, 0.2) is 0 Å². The Morgan fingerprint density at radius 3 is 2.45 bits per heavy atom. The van der Waals surface area contributed by atoms with Gasteiger partial charge in [0.25, 0.3) is 0 Å². The van der Waals surface area contributed by atoms with Gasteiger partial charge in [0.05, 0.1) is 33.0 Å². The van der Waals surface area contributed by atoms with E-state index in [2.05, 4.69) is 27.8 Å². The molecule has 2 bridgehead atoms. The number of likely N-dealkylation sites (N-methyl/N-ethyl adjacent to an activating group) is 1. The topological polar surface area (TPSA) is 38.7 Å². The highest BCUT2D eigenvalue weighted by molar-refractivity contribution is 5.06. The van der Waals surface area contributed by atoms with E-state index in [0.29, 0.717) is 30.0 Å². The first-order chi connectivity index (χ1) is 10.3. The van der Waals surface area contributed by atoms with Crippen LogP contribution in [0.1, 0.15) is 33.6 Å². The quantitative estimate of drug-likeness (QED) is 0.788. The zero-order valence-electron chi connectivity index (χ0n) is 14.8. The number of quaternary nitrogens is 1. The van der Waals surface area contributed by atoms with Gasteiger partial charge in [-0.3, -0.25) is 0 Å². The molecular formula is C18H34NO3+. The lowest BCUT2D eigenvalue weighted by atomic mass is 9.80. The standard InChI is InChI=1S/C18H34NO3/c1-13-15-5-6-16(18(15,2)3)17(13)22-12-14(20)11-19(4)7-9-21-10-8-19/h13-17,20H,5-12H2,1-4H3/q+1/t13-,14+,15+,16+,17-/m1/s1. The number of aliphatic hydroxyl groups excluding tert-OH is 1. The van der Waals surface area contributed by atoms with Crippen LogP contribution in [0.15, 0.2) is 0 Å². The smallest absolute Gasteiger partial charge is 0.126 e. The summed E-state index contributed by atoms with van der Waals surface area (Å²) in [6.45, 7) is 12.0. The van der Waals surface area contributed by atoms with Crippen LogP contribution in [0.25, 0.3) is 0 Å². The minimum absolute atomic E-state index is 0.346. The minimum Gasteiger partial charge on any atom is -0.385 e. The van der Waals surface area contributed by atoms with E-state index in [9.17, 15) is 5.11 Å². The van der Waals surface area contributed by atoms with Gasteiger partial charge in [-0.25, -0.2) is 0 Å². The first kappa shape index (κ1) is 16.7. The molecule has 1 aliphatic heterocycles. The highest BCUT2D eigenvalue weighted by Crippen LogP contribution is 2.60. The lowest BCUT2D eigenvalue weighted by molar-refractivity contribution is -0.919. The van der Waals surface area contributed by atoms with Gasteiger partial charge in [-0.15, -0.1) is 0 Å². The molecule has 2 saturated carbocycles. The van der Waals surface area contributed by atoms with Crippen LogP contribution in [-0.4, -0.2) is 68.3 Å². The van der Waals surface area contributed by atoms with Crippen molar-refractivity contribution in [3.63, 3.8) is 0 Å². The summed E-state index contributed by atoms with van der Waals surface area (Å²) in [7, 11) is 2.22. The van der Waals surface area contributed by atoms with E-state index in [1.807, 2.05) is 0 Å². The lowest BCUT2D eigenvalue weighted by Crippen LogP contribution is -2.56. The van der Waals surface area contributed by atoms with Crippen LogP contribution in [0.4, 0.5) is 0 Å². The maximum Gasteiger partial charge on any atom is 0.126 e. The van der Waals surface area contributed by atoms with Crippen LogP contribution in [0.5, 0.6) is 0 Å². The molecule has 1 N–H and O–H groups in total. The summed E-state index contributed by atoms with van der Waals surface area (Å²) in [6.07, 6.45) is 2.64. The molecule has 0 spiro atoms. The highest BCUT2D eigenvalue weighted by atomic mass is 16.5. The van der Waals surface area contributed by atoms with Crippen molar-refractivity contribution in [2.75, 3.05) is 46.5 Å². The molecule has 0 unspecified atom stereocenters. The molecule has 3 rings (SSSR count). The molecule has 0 amide bonds. The number of nitrogens with zero attached hydrogens (tertiary/aromatic N) is 1. The second kappa shape index (κ2) is 6.04. The third-order valence-electron chi connectivity index (χ3n) is 6.93. The molecule has 1 saturated heterocycles. The highest BCUT2D eigenvalue weighted by Gasteiger charge is 2.57. The normalized spacial score (nSPS) is 40.8. The van der Waals surface area contributed by atoms with Crippen molar-refractivity contribution in [3.05, 3.63) is 0 Å². The summed E-state index contributed by atoms with van der Waals surface area (Å²) in [6, 6.07) is 0. The monoisotopic (exact) mass is 312 g/mol. The largest absolute Gasteiger partial charge is 0.385 e. The van der Waals surface area contributed by atoms with Crippen molar-refractivity contribution in [2.24, 2.45) is 23.2 Å². The van der Waals surface area contributed by atoms with Gasteiger partial charge in [0.2, 0.25) is 0 Å². The van der Waals surface area contributed by atoms with Crippen LogP contribution >= 0.6 is 0 Å². The van der Waals surface area contributed by atoms with E-state index < -0.39 is 0 Å². The van der Waals surface area contributed by atoms with E-state index in [1.165, 1.54) is 12.8 Å². The van der Waals surface area contributed by atoms with Crippen LogP contribution in [-0.2, 0) is 9.47 Å². The Hall–Kier alpha value is -0.160. The fourth-order valence-electron chi connectivity index (χ4n) is 5.52. The maximum absolute atomic E-state index is 10.4. The van der Waals surface area contributed by atoms with Gasteiger partial charge in [-0.1, -0.05) is 20.8 Å². The number of hydrogen-bond acceptors (Lipinski definition) is 3. The Morgan fingerprint density at radius 1 is 1.23 bits per heavy atom. The summed E-state index contributed by atoms with van der Waals surface area (Å²) in [4.78, 5) is 0. The van der Waals surface area contributed by atoms with Gasteiger partial charge in [0.1, 0.15) is 25.7 Å². The van der Waals surface area contributed by atoms with Crippen molar-refractivity contribution in [3.8, 4) is 0 Å². The van der Waals surface area contributed by atoms with E-state index in [-0.39, 0.29) is 6.10 Å². The van der Waals surface area contributed by atoms with Crippen molar-refractivity contribution in [1.29, 1.82) is 0 Å². The second-order valence-electron chi connectivity index (χ2n) is 8.78. The van der Waals surface area contributed by atoms with E-state index in [1.54, 1.807) is 0 Å². The molecule has 22 heavy (non-hydrogen) atoms. The van der Waals surface area contributed by atoms with Crippen molar-refractivity contribution in [1.82, 2.24) is 0 Å². The number of hydrogen-bond donors (Lipinski definition) is 1. The first-order valence-corrected chi connectivity index (χ1v) is 9.04. The Morgan fingerprint density at radius 2 is 1.86 bits per heavy atom. The average molecular weight is 312 g/mol. The molecule has 128 valence electrons. The van der Waals surface area contributed by atoms with Crippen LogP contribution < -0.4 is 0 Å². The molecule has 4 heteroatoms. The van der Waals surface area contributed by atoms with Gasteiger partial charge < -0.3 is 19.1 Å². The molecule has 0 aromatic rings. The molecule has 2 aliphatic carbocycles. The number of ether oxygens (including phenoxy) is 2. The average Bonchev–Trinajstić information content (AvgIpc) is 2.83. The molecule has 3 aliphatic rings. The van der Waals surface area contributed by atoms with Crippen LogP contribution in [0, 0.1) is 23.2 Å². The fourth-order valence-corrected chi connectivity index (χ4v) is 5.52. The van der Waals surface area contributed by atoms with Crippen LogP contribution in [0.3, 0.4) is 0 Å². The summed E-state index contributed by atoms with van der Waals surface area (Å²) in [5, 5.41) is 10.4. The van der Waals surface area contributed by atoms with Crippen molar-refractivity contribution in [2.45, 2.75) is 45.8 Å². The predicted molar refractivity (Wildman–Crippen MR) is 86.5 cm³/mol. The first-order valence-electron chi connectivity index (χ1n) is 9.04. The molecule has 1 heterocycles. The van der Waals surface area contributed by atoms with E-state index in [0.717, 1.165) is 43.2 Å². The summed E-state index contributed by atoms with van der Waals surface area (Å²) < 4.78 is 12.6. The molecule has 0 aromatic carbocycles. The molecule has 5 atom stereocenters. The Bertz CT molecular complexity index is 392. The van der Waals surface area contributed by atoms with Crippen molar-refractivity contribution >= 4 is 0 Å². The van der Waals surface area contributed by atoms with Gasteiger partial charge >= 0.3 is 0 Å². The summed E-state index contributed by atoms with van der Waals surface area (Å²) in [5.41, 5.74) is 0.414. The van der Waals surface area contributed by atoms with E-state index >= 15 is 0 Å². The third-order valence-corrected chi connectivity index (χ3v) is 6.93. The Labute approximate surface area is 135 Å². The fraction of sp³-hybridized carbons (Fsp3) is 1.00. The van der Waals surface area contributed by atoms with Gasteiger partial charge in [-0.05, 0) is 36.0 Å². The molecule has 0 radical (unpaired) electrons. The Kier molecular flexibility index (Phi) is 4.59. The zero-order valence-corrected chi connectivity index (χ0v) is 14.8. The predicted octanol–water partition coefficient (Wildman–Crippen LogP) is 1.91. The minimum atomic E-state index is -0.363. The number of rotatable bonds is 5. The van der Waals surface area contributed by atoms with Crippen LogP contribution in [0.2, 0.25) is 0 Å². The Balaban J connectivity index is 1.50. The number of fused-ring (bicyclic) bond motifs is 2. The lowest BCUT2D eigenvalue weighted by Gasteiger charge is -2.39. The maximum atomic E-state index is 10.4. The van der Waals surface area contributed by atoms with E-state index in [4.69, 9.17) is 9.47 Å². The van der Waals surface area contributed by atoms with Gasteiger partial charge in [-0.2, -0.15) is 0 Å². The second-order valence-corrected chi connectivity index (χ2v) is 8.78. The molecule has 0 aromatic heterocycles. The number of aliphatic hydroxyl groups is 1. The number of morpholine rings is 1. The summed E-state index contributed by atoms with van der Waals surface area (Å²) in [5.74, 6) is 2.10. The third kappa shape index (κ3) is 2.95. The molecule has 3 fully saturated rings. The molecular weight excluding hydrogens is 278 g/mol. The molecule has 4 nitrogen and oxygen atoms in total. The van der Waals surface area contributed by atoms with Crippen molar-refractivity contribution < 1.29 is 19.1 Å². The summed E-state index contributed by atoms with van der Waals surface area (Å²) >= 11 is 0.